The van der Waals surface area contributed by atoms with Gasteiger partial charge in [0.1, 0.15) is 12.7 Å². The molecule has 0 spiro atoms. The first-order valence-electron chi connectivity index (χ1n) is 10.8. The summed E-state index contributed by atoms with van der Waals surface area (Å²) in [4.78, 5) is 0. The molecule has 2 unspecified atom stereocenters. The lowest BCUT2D eigenvalue weighted by Gasteiger charge is -2.36. The Hall–Kier alpha value is -0.800. The van der Waals surface area contributed by atoms with Crippen LogP contribution in [0.4, 0.5) is 0 Å². The number of hydrogen-bond donors (Lipinski definition) is 2. The molecule has 2 N–H and O–H groups in total. The molecule has 0 aromatic rings. The largest absolute Gasteiger partial charge is 0.390 e. The van der Waals surface area contributed by atoms with E-state index in [1.165, 1.54) is 77.0 Å². The van der Waals surface area contributed by atoms with Crippen LogP contribution in [-0.4, -0.2) is 35.5 Å². The lowest BCUT2D eigenvalue weighted by molar-refractivity contribution is -0.900. The predicted octanol–water partition coefficient (Wildman–Crippen LogP) is 5.47. The summed E-state index contributed by atoms with van der Waals surface area (Å²) < 4.78 is 0.887. The summed E-state index contributed by atoms with van der Waals surface area (Å²) in [6.07, 6.45) is 25.5. The smallest absolute Gasteiger partial charge is 0.166 e. The van der Waals surface area contributed by atoms with Crippen LogP contribution in [0.5, 0.6) is 0 Å². The van der Waals surface area contributed by atoms with Crippen molar-refractivity contribution in [1.29, 1.82) is 0 Å². The summed E-state index contributed by atoms with van der Waals surface area (Å²) in [5, 5.41) is 12.8. The minimum absolute atomic E-state index is 0.259. The molecule has 0 aromatic heterocycles. The van der Waals surface area contributed by atoms with Crippen molar-refractivity contribution in [2.24, 2.45) is 0 Å². The van der Waals surface area contributed by atoms with E-state index in [0.717, 1.165) is 17.6 Å². The van der Waals surface area contributed by atoms with E-state index in [9.17, 15) is 5.11 Å². The van der Waals surface area contributed by atoms with Gasteiger partial charge in [0.05, 0.1) is 19.4 Å². The van der Waals surface area contributed by atoms with E-state index in [-0.39, 0.29) is 6.61 Å². The number of nitrogens with one attached hydrogen (secondary N) is 1. The second kappa shape index (κ2) is 14.4. The molecule has 25 heavy (non-hydrogen) atoms. The quantitative estimate of drug-likeness (QED) is 0.219. The lowest BCUT2D eigenvalue weighted by Crippen LogP contribution is -2.54. The van der Waals surface area contributed by atoms with Crippen molar-refractivity contribution in [2.45, 2.75) is 97.1 Å². The van der Waals surface area contributed by atoms with Gasteiger partial charge in [0.2, 0.25) is 0 Å². The number of quaternary nitrogens is 1. The van der Waals surface area contributed by atoms with Crippen molar-refractivity contribution in [1.82, 2.24) is 5.32 Å². The highest BCUT2D eigenvalue weighted by atomic mass is 16.3. The Morgan fingerprint density at radius 1 is 0.920 bits per heavy atom. The third-order valence-electron chi connectivity index (χ3n) is 5.63. The van der Waals surface area contributed by atoms with Gasteiger partial charge in [-0.1, -0.05) is 64.0 Å². The molecule has 1 rings (SSSR count). The zero-order valence-corrected chi connectivity index (χ0v) is 16.9. The molecule has 3 nitrogen and oxygen atoms in total. The van der Waals surface area contributed by atoms with Crippen molar-refractivity contribution in [3.8, 4) is 0 Å². The van der Waals surface area contributed by atoms with Crippen LogP contribution in [0.25, 0.3) is 0 Å². The van der Waals surface area contributed by atoms with E-state index in [2.05, 4.69) is 43.7 Å². The maximum absolute atomic E-state index is 9.34. The molecule has 0 radical (unpaired) electrons. The van der Waals surface area contributed by atoms with Crippen LogP contribution in [-0.2, 0) is 0 Å². The standard InChI is InChI=1S/C22H43N2O/c1-3-5-6-7-8-9-10-11-12-13-14-15-16-17-22-23-18-19-24(22,4-2)20-21-25/h13-14,18-19,22-23,25H,3-12,15-17,20-21H2,1-2H3/q+1/b14-13+. The van der Waals surface area contributed by atoms with Crippen molar-refractivity contribution in [3.63, 3.8) is 0 Å². The molecule has 0 saturated carbocycles. The molecule has 0 aromatic carbocycles. The zero-order valence-electron chi connectivity index (χ0n) is 16.9. The van der Waals surface area contributed by atoms with E-state index >= 15 is 0 Å². The number of aliphatic hydroxyl groups is 1. The van der Waals surface area contributed by atoms with Gasteiger partial charge >= 0.3 is 0 Å². The topological polar surface area (TPSA) is 32.3 Å². The summed E-state index contributed by atoms with van der Waals surface area (Å²) in [6, 6.07) is 0. The molecule has 3 heteroatoms. The fourth-order valence-electron chi connectivity index (χ4n) is 3.86. The van der Waals surface area contributed by atoms with E-state index < -0.39 is 0 Å². The number of rotatable bonds is 16. The van der Waals surface area contributed by atoms with Crippen LogP contribution in [0, 0.1) is 0 Å². The Labute approximate surface area is 156 Å². The summed E-state index contributed by atoms with van der Waals surface area (Å²) in [7, 11) is 0. The molecular formula is C22H43N2O+. The van der Waals surface area contributed by atoms with Crippen molar-refractivity contribution in [3.05, 3.63) is 24.6 Å². The molecule has 2 atom stereocenters. The SMILES string of the molecule is CCCCCCCCCC/C=C/CCCC1NC=C[N+]1(CC)CCO. The van der Waals surface area contributed by atoms with E-state index in [1.807, 2.05) is 0 Å². The van der Waals surface area contributed by atoms with Gasteiger partial charge in [0.25, 0.3) is 0 Å². The molecule has 1 aliphatic rings. The van der Waals surface area contributed by atoms with Crippen LogP contribution in [0.2, 0.25) is 0 Å². The Bertz CT molecular complexity index is 367. The van der Waals surface area contributed by atoms with Crippen LogP contribution >= 0.6 is 0 Å². The van der Waals surface area contributed by atoms with Gasteiger partial charge in [-0.25, -0.2) is 0 Å². The number of hydrogen-bond acceptors (Lipinski definition) is 2. The third kappa shape index (κ3) is 8.91. The van der Waals surface area contributed by atoms with Gasteiger partial charge < -0.3 is 10.4 Å². The normalized spacial score (nSPS) is 22.8. The lowest BCUT2D eigenvalue weighted by atomic mass is 10.1. The number of aliphatic hydroxyl groups excluding tert-OH is 1. The first kappa shape index (κ1) is 22.2. The van der Waals surface area contributed by atoms with E-state index in [4.69, 9.17) is 0 Å². The van der Waals surface area contributed by atoms with Crippen LogP contribution in [0.3, 0.4) is 0 Å². The van der Waals surface area contributed by atoms with Gasteiger partial charge in [0.15, 0.2) is 6.17 Å². The summed E-state index contributed by atoms with van der Waals surface area (Å²) in [5.74, 6) is 0. The van der Waals surface area contributed by atoms with Crippen molar-refractivity contribution >= 4 is 0 Å². The zero-order chi connectivity index (χ0) is 18.2. The van der Waals surface area contributed by atoms with Gasteiger partial charge in [-0.15, -0.1) is 0 Å². The van der Waals surface area contributed by atoms with Crippen LogP contribution in [0.15, 0.2) is 24.6 Å². The Morgan fingerprint density at radius 2 is 1.56 bits per heavy atom. The molecule has 146 valence electrons. The molecule has 0 amide bonds. The van der Waals surface area contributed by atoms with Gasteiger partial charge in [-0.3, -0.25) is 4.48 Å². The minimum atomic E-state index is 0.259. The summed E-state index contributed by atoms with van der Waals surface area (Å²) in [6.45, 7) is 6.61. The highest BCUT2D eigenvalue weighted by Crippen LogP contribution is 2.22. The van der Waals surface area contributed by atoms with Crippen LogP contribution in [0.1, 0.15) is 90.9 Å². The number of likely N-dealkylation sites (N-methyl/N-ethyl adjacent to an activating group) is 1. The molecule has 0 bridgehead atoms. The molecular weight excluding hydrogens is 308 g/mol. The van der Waals surface area contributed by atoms with Crippen molar-refractivity contribution < 1.29 is 9.59 Å². The molecule has 1 aliphatic heterocycles. The Balaban J connectivity index is 1.99. The Kier molecular flexibility index (Phi) is 12.8. The van der Waals surface area contributed by atoms with Gasteiger partial charge in [-0.2, -0.15) is 0 Å². The average Bonchev–Trinajstić information content (AvgIpc) is 3.02. The van der Waals surface area contributed by atoms with Crippen LogP contribution < -0.4 is 5.32 Å². The number of unbranched alkanes of at least 4 members (excludes halogenated alkanes) is 9. The maximum Gasteiger partial charge on any atom is 0.166 e. The monoisotopic (exact) mass is 351 g/mol. The molecule has 0 saturated heterocycles. The fourth-order valence-corrected chi connectivity index (χ4v) is 3.86. The second-order valence-corrected chi connectivity index (χ2v) is 7.53. The van der Waals surface area contributed by atoms with Gasteiger partial charge in [-0.05, 0) is 32.6 Å². The van der Waals surface area contributed by atoms with E-state index in [1.54, 1.807) is 0 Å². The predicted molar refractivity (Wildman–Crippen MR) is 109 cm³/mol. The number of allylic oxidation sites excluding steroid dienone is 2. The second-order valence-electron chi connectivity index (χ2n) is 7.53. The highest BCUT2D eigenvalue weighted by Gasteiger charge is 2.35. The third-order valence-corrected chi connectivity index (χ3v) is 5.63. The van der Waals surface area contributed by atoms with Crippen molar-refractivity contribution in [2.75, 3.05) is 19.7 Å². The summed E-state index contributed by atoms with van der Waals surface area (Å²) in [5.41, 5.74) is 0. The minimum Gasteiger partial charge on any atom is -0.390 e. The fraction of sp³-hybridized carbons (Fsp3) is 0.818. The van der Waals surface area contributed by atoms with Gasteiger partial charge in [0, 0.05) is 6.42 Å². The Morgan fingerprint density at radius 3 is 2.20 bits per heavy atom. The number of nitrogens with zero attached hydrogens (tertiary/aromatic N) is 1. The van der Waals surface area contributed by atoms with E-state index in [0.29, 0.717) is 6.17 Å². The molecule has 0 aliphatic carbocycles. The molecule has 1 heterocycles. The average molecular weight is 352 g/mol. The first-order chi connectivity index (χ1) is 12.3. The molecule has 0 fully saturated rings. The maximum atomic E-state index is 9.34. The summed E-state index contributed by atoms with van der Waals surface area (Å²) >= 11 is 0. The first-order valence-corrected chi connectivity index (χ1v) is 10.8. The highest BCUT2D eigenvalue weighted by molar-refractivity contribution is 4.86.